The fourth-order valence-corrected chi connectivity index (χ4v) is 4.88. The highest BCUT2D eigenvalue weighted by atomic mass is 32.1. The molecule has 1 atom stereocenters. The molecule has 0 radical (unpaired) electrons. The van der Waals surface area contributed by atoms with Crippen LogP contribution in [-0.4, -0.2) is 31.4 Å². The monoisotopic (exact) mass is 476 g/mol. The first-order valence-corrected chi connectivity index (χ1v) is 11.4. The van der Waals surface area contributed by atoms with E-state index in [1.54, 1.807) is 32.2 Å². The molecule has 34 heavy (non-hydrogen) atoms. The molecule has 3 aromatic rings. The second kappa shape index (κ2) is 9.93. The van der Waals surface area contributed by atoms with Gasteiger partial charge >= 0.3 is 5.97 Å². The first kappa shape index (κ1) is 23.3. The molecule has 2 aromatic carbocycles. The maximum Gasteiger partial charge on any atom is 0.338 e. The number of esters is 1. The van der Waals surface area contributed by atoms with Crippen LogP contribution in [0.3, 0.4) is 0 Å². The summed E-state index contributed by atoms with van der Waals surface area (Å²) in [4.78, 5) is 31.8. The number of carbonyl (C=O) groups is 1. The Labute approximate surface area is 200 Å². The van der Waals surface area contributed by atoms with E-state index in [4.69, 9.17) is 14.2 Å². The third-order valence-corrected chi connectivity index (χ3v) is 6.38. The summed E-state index contributed by atoms with van der Waals surface area (Å²) in [5, 5.41) is 0. The second-order valence-corrected chi connectivity index (χ2v) is 8.50. The Morgan fingerprint density at radius 1 is 1.15 bits per heavy atom. The van der Waals surface area contributed by atoms with Gasteiger partial charge in [-0.1, -0.05) is 60.4 Å². The van der Waals surface area contributed by atoms with Crippen LogP contribution in [-0.2, 0) is 9.53 Å². The number of rotatable bonds is 7. The van der Waals surface area contributed by atoms with Gasteiger partial charge in [-0.15, -0.1) is 0 Å². The standard InChI is InChI=1S/C26H24N2O5S/c1-5-13-33-25(30)22-16(2)27-26-28(23(22)18-11-12-19(31-3)20(15-18)32-4)24(29)21(34-26)14-17-9-7-6-8-10-17/h5-12,14-15,23H,1,13H2,2-4H3/b21-14-/t23-/m1/s1. The van der Waals surface area contributed by atoms with E-state index in [9.17, 15) is 9.59 Å². The SMILES string of the molecule is C=CCOC(=O)C1=C(C)N=c2s/c(=C\c3ccccc3)c(=O)n2[C@@H]1c1ccc(OC)c(OC)c1. The van der Waals surface area contributed by atoms with E-state index in [0.29, 0.717) is 32.1 Å². The van der Waals surface area contributed by atoms with Gasteiger partial charge in [0.1, 0.15) is 6.61 Å². The number of fused-ring (bicyclic) bond motifs is 1. The minimum atomic E-state index is -0.744. The quantitative estimate of drug-likeness (QED) is 0.387. The molecule has 0 N–H and O–H groups in total. The summed E-state index contributed by atoms with van der Waals surface area (Å²) in [7, 11) is 3.08. The fourth-order valence-electron chi connectivity index (χ4n) is 3.83. The minimum Gasteiger partial charge on any atom is -0.493 e. The van der Waals surface area contributed by atoms with Gasteiger partial charge in [0.15, 0.2) is 16.3 Å². The molecule has 0 unspecified atom stereocenters. The third kappa shape index (κ3) is 4.32. The van der Waals surface area contributed by atoms with Crippen LogP contribution in [0.5, 0.6) is 11.5 Å². The predicted molar refractivity (Wildman–Crippen MR) is 131 cm³/mol. The molecule has 7 nitrogen and oxygen atoms in total. The molecule has 0 saturated carbocycles. The molecule has 174 valence electrons. The zero-order chi connectivity index (χ0) is 24.2. The van der Waals surface area contributed by atoms with E-state index < -0.39 is 12.0 Å². The number of benzene rings is 2. The van der Waals surface area contributed by atoms with Gasteiger partial charge < -0.3 is 14.2 Å². The largest absolute Gasteiger partial charge is 0.493 e. The predicted octanol–water partition coefficient (Wildman–Crippen LogP) is 2.98. The molecule has 1 aromatic heterocycles. The fraction of sp³-hybridized carbons (Fsp3) is 0.192. The summed E-state index contributed by atoms with van der Waals surface area (Å²) in [6.45, 7) is 5.40. The summed E-state index contributed by atoms with van der Waals surface area (Å²) < 4.78 is 18.3. The average Bonchev–Trinajstić information content (AvgIpc) is 3.16. The molecule has 1 aliphatic heterocycles. The normalized spacial score (nSPS) is 15.4. The number of hydrogen-bond acceptors (Lipinski definition) is 7. The Morgan fingerprint density at radius 2 is 1.88 bits per heavy atom. The van der Waals surface area contributed by atoms with Crippen LogP contribution in [0.2, 0.25) is 0 Å². The number of methoxy groups -OCH3 is 2. The zero-order valence-electron chi connectivity index (χ0n) is 19.1. The third-order valence-electron chi connectivity index (χ3n) is 5.39. The van der Waals surface area contributed by atoms with E-state index in [1.165, 1.54) is 29.1 Å². The summed E-state index contributed by atoms with van der Waals surface area (Å²) in [5.74, 6) is 0.470. The van der Waals surface area contributed by atoms with Gasteiger partial charge in [-0.3, -0.25) is 9.36 Å². The van der Waals surface area contributed by atoms with Crippen molar-refractivity contribution in [2.45, 2.75) is 13.0 Å². The Balaban J connectivity index is 1.96. The van der Waals surface area contributed by atoms with Crippen molar-refractivity contribution in [1.29, 1.82) is 0 Å². The number of hydrogen-bond donors (Lipinski definition) is 0. The van der Waals surface area contributed by atoms with E-state index >= 15 is 0 Å². The lowest BCUT2D eigenvalue weighted by Crippen LogP contribution is -2.40. The number of carbonyl (C=O) groups excluding carboxylic acids is 1. The van der Waals surface area contributed by atoms with Gasteiger partial charge in [0.05, 0.1) is 36.1 Å². The molecule has 0 amide bonds. The van der Waals surface area contributed by atoms with Crippen LogP contribution in [0.15, 0.2) is 82.2 Å². The van der Waals surface area contributed by atoms with Gasteiger partial charge in [0.2, 0.25) is 0 Å². The molecule has 8 heteroatoms. The van der Waals surface area contributed by atoms with Crippen molar-refractivity contribution in [2.75, 3.05) is 20.8 Å². The molecule has 0 fully saturated rings. The van der Waals surface area contributed by atoms with Crippen molar-refractivity contribution in [3.8, 4) is 11.5 Å². The van der Waals surface area contributed by atoms with Gasteiger partial charge in [0, 0.05) is 0 Å². The molecule has 2 heterocycles. The molecule has 0 spiro atoms. The van der Waals surface area contributed by atoms with Crippen molar-refractivity contribution in [3.05, 3.63) is 103 Å². The Hall–Kier alpha value is -3.91. The van der Waals surface area contributed by atoms with Crippen LogP contribution in [0.25, 0.3) is 6.08 Å². The molecular weight excluding hydrogens is 452 g/mol. The maximum atomic E-state index is 13.6. The van der Waals surface area contributed by atoms with Crippen molar-refractivity contribution in [3.63, 3.8) is 0 Å². The molecular formula is C26H24N2O5S. The van der Waals surface area contributed by atoms with E-state index in [1.807, 2.05) is 36.4 Å². The van der Waals surface area contributed by atoms with Gasteiger partial charge in [-0.2, -0.15) is 0 Å². The Kier molecular flexibility index (Phi) is 6.79. The highest BCUT2D eigenvalue weighted by molar-refractivity contribution is 7.07. The lowest BCUT2D eigenvalue weighted by atomic mass is 9.95. The van der Waals surface area contributed by atoms with E-state index in [0.717, 1.165) is 5.56 Å². The molecule has 4 rings (SSSR count). The first-order valence-electron chi connectivity index (χ1n) is 10.6. The summed E-state index contributed by atoms with van der Waals surface area (Å²) >= 11 is 1.28. The van der Waals surface area contributed by atoms with E-state index in [2.05, 4.69) is 11.6 Å². The average molecular weight is 477 g/mol. The molecule has 1 aliphatic rings. The number of ether oxygens (including phenoxy) is 3. The second-order valence-electron chi connectivity index (χ2n) is 7.49. The van der Waals surface area contributed by atoms with Gasteiger partial charge in [0.25, 0.3) is 5.56 Å². The summed E-state index contributed by atoms with van der Waals surface area (Å²) in [5.41, 5.74) is 2.10. The zero-order valence-corrected chi connectivity index (χ0v) is 19.9. The highest BCUT2D eigenvalue weighted by Crippen LogP contribution is 2.36. The van der Waals surface area contributed by atoms with Crippen LogP contribution in [0.1, 0.15) is 24.1 Å². The van der Waals surface area contributed by atoms with Crippen LogP contribution in [0.4, 0.5) is 0 Å². The van der Waals surface area contributed by atoms with Crippen molar-refractivity contribution in [2.24, 2.45) is 4.99 Å². The molecule has 0 bridgehead atoms. The summed E-state index contributed by atoms with van der Waals surface area (Å²) in [6.07, 6.45) is 3.32. The molecule has 0 aliphatic carbocycles. The highest BCUT2D eigenvalue weighted by Gasteiger charge is 2.33. The number of allylic oxidation sites excluding steroid dienone is 1. The number of aromatic nitrogens is 1. The number of thiazole rings is 1. The smallest absolute Gasteiger partial charge is 0.338 e. The van der Waals surface area contributed by atoms with E-state index in [-0.39, 0.29) is 17.7 Å². The maximum absolute atomic E-state index is 13.6. The number of nitrogens with zero attached hydrogens (tertiary/aromatic N) is 2. The lowest BCUT2D eigenvalue weighted by molar-refractivity contribution is -0.138. The molecule has 0 saturated heterocycles. The van der Waals surface area contributed by atoms with Crippen molar-refractivity contribution < 1.29 is 19.0 Å². The summed E-state index contributed by atoms with van der Waals surface area (Å²) in [6, 6.07) is 14.2. The lowest BCUT2D eigenvalue weighted by Gasteiger charge is -2.25. The van der Waals surface area contributed by atoms with Crippen molar-refractivity contribution in [1.82, 2.24) is 4.57 Å². The van der Waals surface area contributed by atoms with Crippen molar-refractivity contribution >= 4 is 23.4 Å². The topological polar surface area (TPSA) is 79.1 Å². The first-order chi connectivity index (χ1) is 16.5. The minimum absolute atomic E-state index is 0.0483. The van der Waals surface area contributed by atoms with Crippen LogP contribution >= 0.6 is 11.3 Å². The Morgan fingerprint density at radius 3 is 2.56 bits per heavy atom. The van der Waals surface area contributed by atoms with Crippen LogP contribution in [0, 0.1) is 0 Å². The van der Waals surface area contributed by atoms with Gasteiger partial charge in [-0.05, 0) is 36.3 Å². The van der Waals surface area contributed by atoms with Gasteiger partial charge in [-0.25, -0.2) is 9.79 Å². The van der Waals surface area contributed by atoms with Crippen LogP contribution < -0.4 is 24.4 Å². The Bertz CT molecular complexity index is 1450.